The van der Waals surface area contributed by atoms with E-state index >= 15 is 0 Å². The number of hydrogen-bond acceptors (Lipinski definition) is 4. The summed E-state index contributed by atoms with van der Waals surface area (Å²) >= 11 is 1.31. The zero-order chi connectivity index (χ0) is 10.3. The first-order valence-electron chi connectivity index (χ1n) is 3.74. The van der Waals surface area contributed by atoms with E-state index < -0.39 is 10.1 Å². The Morgan fingerprint density at radius 3 is 2.86 bits per heavy atom. The molecule has 4 nitrogen and oxygen atoms in total. The van der Waals surface area contributed by atoms with Gasteiger partial charge in [0, 0.05) is 0 Å². The van der Waals surface area contributed by atoms with Gasteiger partial charge in [-0.3, -0.25) is 4.55 Å². The summed E-state index contributed by atoms with van der Waals surface area (Å²) in [7, 11) is -4.15. The Balaban J connectivity index is 2.88. The Morgan fingerprint density at radius 1 is 1.50 bits per heavy atom. The average molecular weight is 228 g/mol. The van der Waals surface area contributed by atoms with Crippen LogP contribution in [0.2, 0.25) is 0 Å². The second-order valence-corrected chi connectivity index (χ2v) is 5.03. The number of thiazole rings is 1. The van der Waals surface area contributed by atoms with Crippen molar-refractivity contribution in [2.75, 3.05) is 0 Å². The molecule has 14 heavy (non-hydrogen) atoms. The topological polar surface area (TPSA) is 67.3 Å². The molecule has 2 aromatic rings. The summed E-state index contributed by atoms with van der Waals surface area (Å²) in [6, 6.07) is 2.98. The first kappa shape index (κ1) is 9.57. The third kappa shape index (κ3) is 1.41. The zero-order valence-corrected chi connectivity index (χ0v) is 8.82. The van der Waals surface area contributed by atoms with Crippen LogP contribution in [0.3, 0.4) is 0 Å². The first-order chi connectivity index (χ1) is 6.50. The van der Waals surface area contributed by atoms with Crippen LogP contribution in [0.4, 0.5) is 0 Å². The highest BCUT2D eigenvalue weighted by atomic mass is 32.2. The number of fused-ring (bicyclic) bond motifs is 1. The van der Waals surface area contributed by atoms with E-state index in [1.165, 1.54) is 17.4 Å². The van der Waals surface area contributed by atoms with Crippen molar-refractivity contribution >= 4 is 31.7 Å². The van der Waals surface area contributed by atoms with Gasteiger partial charge in [-0.2, -0.15) is 8.42 Å². The highest BCUT2D eigenvalue weighted by Crippen LogP contribution is 2.25. The highest BCUT2D eigenvalue weighted by Gasteiger charge is 2.15. The quantitative estimate of drug-likeness (QED) is 0.754. The standard InChI is InChI=1S/C8H6NO3S2/c1-5-7(14(10,11)12)3-2-6-8(5)9-4-13-6/h2-3H,1H3,(H,10,11,12). The minimum atomic E-state index is -4.15. The van der Waals surface area contributed by atoms with E-state index in [0.29, 0.717) is 11.1 Å². The van der Waals surface area contributed by atoms with Gasteiger partial charge in [0.25, 0.3) is 10.1 Å². The molecule has 1 heterocycles. The van der Waals surface area contributed by atoms with Crippen molar-refractivity contribution in [3.05, 3.63) is 23.2 Å². The van der Waals surface area contributed by atoms with Crippen LogP contribution in [0, 0.1) is 12.4 Å². The molecule has 1 aromatic heterocycles. The van der Waals surface area contributed by atoms with Crippen LogP contribution >= 0.6 is 11.3 Å². The van der Waals surface area contributed by atoms with Crippen molar-refractivity contribution < 1.29 is 13.0 Å². The van der Waals surface area contributed by atoms with Crippen molar-refractivity contribution in [1.29, 1.82) is 0 Å². The van der Waals surface area contributed by atoms with Gasteiger partial charge < -0.3 is 0 Å². The first-order valence-corrected chi connectivity index (χ1v) is 5.99. The summed E-state index contributed by atoms with van der Waals surface area (Å²) in [5.74, 6) is 0. The van der Waals surface area contributed by atoms with E-state index in [0.717, 1.165) is 4.70 Å². The van der Waals surface area contributed by atoms with Crippen molar-refractivity contribution in [1.82, 2.24) is 4.98 Å². The minimum absolute atomic E-state index is 0.0932. The molecule has 6 heteroatoms. The lowest BCUT2D eigenvalue weighted by atomic mass is 10.2. The summed E-state index contributed by atoms with van der Waals surface area (Å²) < 4.78 is 31.6. The molecule has 1 radical (unpaired) electrons. The van der Waals surface area contributed by atoms with E-state index in [4.69, 9.17) is 4.55 Å². The maximum atomic E-state index is 10.9. The van der Waals surface area contributed by atoms with Gasteiger partial charge in [-0.15, -0.1) is 11.3 Å². The van der Waals surface area contributed by atoms with Crippen LogP contribution in [0.5, 0.6) is 0 Å². The molecule has 0 atom stereocenters. The maximum absolute atomic E-state index is 10.9. The summed E-state index contributed by atoms with van der Waals surface area (Å²) in [5, 5.41) is 0. The number of aromatic nitrogens is 1. The van der Waals surface area contributed by atoms with E-state index in [1.54, 1.807) is 13.0 Å². The van der Waals surface area contributed by atoms with E-state index in [9.17, 15) is 8.42 Å². The zero-order valence-electron chi connectivity index (χ0n) is 7.18. The summed E-state index contributed by atoms with van der Waals surface area (Å²) in [5.41, 5.74) is 3.71. The Hall–Kier alpha value is -0.980. The molecule has 2 rings (SSSR count). The van der Waals surface area contributed by atoms with Crippen LogP contribution in [0.25, 0.3) is 10.2 Å². The van der Waals surface area contributed by atoms with Gasteiger partial charge >= 0.3 is 0 Å². The molecule has 0 aliphatic heterocycles. The van der Waals surface area contributed by atoms with Gasteiger partial charge in [-0.25, -0.2) is 4.98 Å². The number of rotatable bonds is 1. The van der Waals surface area contributed by atoms with Crippen LogP contribution < -0.4 is 0 Å². The lowest BCUT2D eigenvalue weighted by molar-refractivity contribution is 0.482. The molecule has 0 bridgehead atoms. The summed E-state index contributed by atoms with van der Waals surface area (Å²) in [4.78, 5) is 3.82. The molecular formula is C8H6NO3S2. The molecule has 73 valence electrons. The molecular weight excluding hydrogens is 222 g/mol. The fourth-order valence-corrected chi connectivity index (χ4v) is 2.67. The molecule has 0 spiro atoms. The van der Waals surface area contributed by atoms with Gasteiger partial charge in [-0.05, 0) is 24.6 Å². The summed E-state index contributed by atoms with van der Waals surface area (Å²) in [6.07, 6.45) is 0. The Morgan fingerprint density at radius 2 is 2.21 bits per heavy atom. The van der Waals surface area contributed by atoms with E-state index in [-0.39, 0.29) is 4.90 Å². The van der Waals surface area contributed by atoms with Gasteiger partial charge in [0.05, 0.1) is 15.1 Å². The van der Waals surface area contributed by atoms with Crippen LogP contribution in [0.15, 0.2) is 17.0 Å². The number of nitrogens with zero attached hydrogens (tertiary/aromatic N) is 1. The Labute approximate surface area is 85.0 Å². The Bertz CT molecular complexity index is 586. The minimum Gasteiger partial charge on any atom is -0.282 e. The van der Waals surface area contributed by atoms with Crippen LogP contribution in [0.1, 0.15) is 5.56 Å². The predicted octanol–water partition coefficient (Wildman–Crippen LogP) is 1.65. The average Bonchev–Trinajstić information content (AvgIpc) is 2.50. The van der Waals surface area contributed by atoms with Crippen molar-refractivity contribution in [3.8, 4) is 0 Å². The van der Waals surface area contributed by atoms with Gasteiger partial charge in [0.1, 0.15) is 0 Å². The molecule has 0 saturated carbocycles. The number of aryl methyl sites for hydroxylation is 1. The Kier molecular flexibility index (Phi) is 2.06. The molecule has 1 N–H and O–H groups in total. The van der Waals surface area contributed by atoms with Gasteiger partial charge in [0.15, 0.2) is 5.51 Å². The smallest absolute Gasteiger partial charge is 0.282 e. The van der Waals surface area contributed by atoms with Crippen molar-refractivity contribution in [2.45, 2.75) is 11.8 Å². The van der Waals surface area contributed by atoms with Crippen molar-refractivity contribution in [2.24, 2.45) is 0 Å². The monoisotopic (exact) mass is 228 g/mol. The van der Waals surface area contributed by atoms with Crippen molar-refractivity contribution in [3.63, 3.8) is 0 Å². The van der Waals surface area contributed by atoms with E-state index in [1.807, 2.05) is 0 Å². The molecule has 0 unspecified atom stereocenters. The maximum Gasteiger partial charge on any atom is 0.294 e. The van der Waals surface area contributed by atoms with Gasteiger partial charge in [0.2, 0.25) is 0 Å². The molecule has 0 amide bonds. The highest BCUT2D eigenvalue weighted by molar-refractivity contribution is 7.85. The van der Waals surface area contributed by atoms with Gasteiger partial charge in [-0.1, -0.05) is 0 Å². The predicted molar refractivity (Wildman–Crippen MR) is 53.0 cm³/mol. The molecule has 0 aliphatic rings. The lowest BCUT2D eigenvalue weighted by Gasteiger charge is -2.01. The third-order valence-corrected chi connectivity index (χ3v) is 3.67. The molecule has 0 saturated heterocycles. The normalized spacial score (nSPS) is 12.1. The largest absolute Gasteiger partial charge is 0.294 e. The fourth-order valence-electron chi connectivity index (χ4n) is 1.28. The molecule has 0 fully saturated rings. The number of hydrogen-bond donors (Lipinski definition) is 1. The lowest BCUT2D eigenvalue weighted by Crippen LogP contribution is -2.00. The van der Waals surface area contributed by atoms with Crippen LogP contribution in [-0.2, 0) is 10.1 Å². The van der Waals surface area contributed by atoms with E-state index in [2.05, 4.69) is 10.5 Å². The SMILES string of the molecule is Cc1c(S(=O)(=O)O)ccc2s[c]nc12. The third-order valence-electron chi connectivity index (χ3n) is 1.94. The van der Waals surface area contributed by atoms with Crippen LogP contribution in [-0.4, -0.2) is 18.0 Å². The second kappa shape index (κ2) is 3.01. The molecule has 0 aliphatic carbocycles. The second-order valence-electron chi connectivity index (χ2n) is 2.82. The summed E-state index contributed by atoms with van der Waals surface area (Å²) in [6.45, 7) is 1.61. The molecule has 1 aromatic carbocycles. The fraction of sp³-hybridized carbons (Fsp3) is 0.125. The number of benzene rings is 1.